The van der Waals surface area contributed by atoms with Crippen LogP contribution in [-0.4, -0.2) is 16.0 Å². The second kappa shape index (κ2) is 3.70. The normalized spacial score (nSPS) is 21.6. The molecule has 4 heteroatoms. The number of aromatic nitrogens is 1. The van der Waals surface area contributed by atoms with Crippen molar-refractivity contribution in [2.75, 3.05) is 5.32 Å². The minimum absolute atomic E-state index is 0.360. The number of hydrogen-bond donors (Lipinski definition) is 2. The van der Waals surface area contributed by atoms with Gasteiger partial charge in [0.2, 0.25) is 0 Å². The molecule has 0 saturated heterocycles. The van der Waals surface area contributed by atoms with Gasteiger partial charge in [-0.2, -0.15) is 0 Å². The van der Waals surface area contributed by atoms with E-state index >= 15 is 0 Å². The summed E-state index contributed by atoms with van der Waals surface area (Å²) in [6.07, 6.45) is 1.17. The van der Waals surface area contributed by atoms with Gasteiger partial charge in [-0.15, -0.1) is 0 Å². The molecule has 1 saturated carbocycles. The molecule has 0 spiro atoms. The Kier molecular flexibility index (Phi) is 2.62. The summed E-state index contributed by atoms with van der Waals surface area (Å²) in [6.45, 7) is 6.44. The average Bonchev–Trinajstić information content (AvgIpc) is 2.72. The highest BCUT2D eigenvalue weighted by Crippen LogP contribution is 2.46. The molecule has 1 unspecified atom stereocenters. The lowest BCUT2D eigenvalue weighted by Gasteiger charge is -2.12. The van der Waals surface area contributed by atoms with Gasteiger partial charge in [-0.3, -0.25) is 0 Å². The molecule has 16 heavy (non-hydrogen) atoms. The van der Waals surface area contributed by atoms with Crippen LogP contribution in [0.5, 0.6) is 0 Å². The first-order valence-corrected chi connectivity index (χ1v) is 5.85. The van der Waals surface area contributed by atoms with Gasteiger partial charge < -0.3 is 11.1 Å². The van der Waals surface area contributed by atoms with Crippen molar-refractivity contribution < 1.29 is 0 Å². The van der Waals surface area contributed by atoms with Crippen molar-refractivity contribution in [1.29, 1.82) is 0 Å². The molecular formula is C12H17N3S. The minimum atomic E-state index is 0.360. The van der Waals surface area contributed by atoms with Gasteiger partial charge in [0.05, 0.1) is 5.56 Å². The molecule has 0 aromatic carbocycles. The summed E-state index contributed by atoms with van der Waals surface area (Å²) in [5.74, 6) is 0.822. The Hall–Kier alpha value is -1.16. The van der Waals surface area contributed by atoms with E-state index in [0.717, 1.165) is 17.1 Å². The van der Waals surface area contributed by atoms with Gasteiger partial charge in [-0.25, -0.2) is 4.98 Å². The fourth-order valence-corrected chi connectivity index (χ4v) is 1.91. The van der Waals surface area contributed by atoms with Gasteiger partial charge in [0.25, 0.3) is 0 Å². The first-order valence-electron chi connectivity index (χ1n) is 5.44. The number of aryl methyl sites for hydroxylation is 1. The van der Waals surface area contributed by atoms with Crippen molar-refractivity contribution in [2.45, 2.75) is 33.2 Å². The number of thiocarbonyl (C=S) groups is 1. The maximum Gasteiger partial charge on any atom is 0.136 e. The van der Waals surface area contributed by atoms with Crippen molar-refractivity contribution >= 4 is 23.0 Å². The molecule has 1 fully saturated rings. The summed E-state index contributed by atoms with van der Waals surface area (Å²) in [4.78, 5) is 4.86. The number of rotatable bonds is 3. The molecule has 0 bridgehead atoms. The number of nitrogens with zero attached hydrogens (tertiary/aromatic N) is 1. The highest BCUT2D eigenvalue weighted by atomic mass is 32.1. The molecule has 1 aromatic rings. The number of nitrogens with two attached hydrogens (primary N) is 1. The SMILES string of the molecule is Cc1ccc(C(N)=S)c(NC2CC2(C)C)n1. The van der Waals surface area contributed by atoms with Crippen LogP contribution < -0.4 is 11.1 Å². The van der Waals surface area contributed by atoms with Gasteiger partial charge in [-0.1, -0.05) is 26.1 Å². The summed E-state index contributed by atoms with van der Waals surface area (Å²) >= 11 is 5.02. The van der Waals surface area contributed by atoms with Crippen molar-refractivity contribution in [2.24, 2.45) is 11.1 Å². The molecule has 2 rings (SSSR count). The molecule has 1 aliphatic carbocycles. The van der Waals surface area contributed by atoms with Crippen LogP contribution in [0.2, 0.25) is 0 Å². The minimum Gasteiger partial charge on any atom is -0.389 e. The molecule has 3 nitrogen and oxygen atoms in total. The van der Waals surface area contributed by atoms with Crippen LogP contribution in [0, 0.1) is 12.3 Å². The topological polar surface area (TPSA) is 50.9 Å². The van der Waals surface area contributed by atoms with Crippen molar-refractivity contribution in [3.63, 3.8) is 0 Å². The lowest BCUT2D eigenvalue weighted by atomic mass is 10.2. The number of hydrogen-bond acceptors (Lipinski definition) is 3. The Balaban J connectivity index is 2.25. The molecule has 1 atom stereocenters. The van der Waals surface area contributed by atoms with Crippen LogP contribution in [0.3, 0.4) is 0 Å². The summed E-state index contributed by atoms with van der Waals surface area (Å²) in [5.41, 5.74) is 7.85. The second-order valence-electron chi connectivity index (χ2n) is 5.10. The van der Waals surface area contributed by atoms with E-state index in [1.54, 1.807) is 0 Å². The summed E-state index contributed by atoms with van der Waals surface area (Å²) in [7, 11) is 0. The van der Waals surface area contributed by atoms with Crippen LogP contribution in [-0.2, 0) is 0 Å². The Bertz CT molecular complexity index is 440. The third-order valence-electron chi connectivity index (χ3n) is 3.12. The third kappa shape index (κ3) is 2.16. The molecule has 86 valence electrons. The molecule has 1 heterocycles. The van der Waals surface area contributed by atoms with E-state index in [1.807, 2.05) is 19.1 Å². The lowest BCUT2D eigenvalue weighted by molar-refractivity contribution is 0.630. The van der Waals surface area contributed by atoms with E-state index in [2.05, 4.69) is 24.1 Å². The standard InChI is InChI=1S/C12H17N3S/c1-7-4-5-8(10(13)16)11(14-7)15-9-6-12(9,2)3/h4-5,9H,6H2,1-3H3,(H2,13,16)(H,14,15). The van der Waals surface area contributed by atoms with Crippen LogP contribution in [0.15, 0.2) is 12.1 Å². The van der Waals surface area contributed by atoms with Gasteiger partial charge in [0, 0.05) is 11.7 Å². The van der Waals surface area contributed by atoms with E-state index < -0.39 is 0 Å². The van der Waals surface area contributed by atoms with E-state index in [-0.39, 0.29) is 0 Å². The predicted molar refractivity (Wildman–Crippen MR) is 70.7 cm³/mol. The Morgan fingerprint density at radius 1 is 1.56 bits per heavy atom. The summed E-state index contributed by atoms with van der Waals surface area (Å²) in [5, 5.41) is 3.42. The van der Waals surface area contributed by atoms with Crippen LogP contribution in [0.1, 0.15) is 31.5 Å². The number of nitrogens with one attached hydrogen (secondary N) is 1. The van der Waals surface area contributed by atoms with Gasteiger partial charge >= 0.3 is 0 Å². The fraction of sp³-hybridized carbons (Fsp3) is 0.500. The van der Waals surface area contributed by atoms with Gasteiger partial charge in [0.15, 0.2) is 0 Å². The summed E-state index contributed by atoms with van der Waals surface area (Å²) in [6, 6.07) is 4.34. The zero-order valence-corrected chi connectivity index (χ0v) is 10.7. The number of pyridine rings is 1. The van der Waals surface area contributed by atoms with Crippen molar-refractivity contribution in [1.82, 2.24) is 4.98 Å². The van der Waals surface area contributed by atoms with Crippen molar-refractivity contribution in [3.05, 3.63) is 23.4 Å². The Labute approximate surface area is 101 Å². The third-order valence-corrected chi connectivity index (χ3v) is 3.34. The highest BCUT2D eigenvalue weighted by molar-refractivity contribution is 7.80. The smallest absolute Gasteiger partial charge is 0.136 e. The second-order valence-corrected chi connectivity index (χ2v) is 5.54. The molecular weight excluding hydrogens is 218 g/mol. The Morgan fingerprint density at radius 3 is 2.69 bits per heavy atom. The highest BCUT2D eigenvalue weighted by Gasteiger charge is 2.46. The maximum atomic E-state index is 5.68. The molecule has 3 N–H and O–H groups in total. The first kappa shape index (κ1) is 11.3. The lowest BCUT2D eigenvalue weighted by Crippen LogP contribution is -2.17. The van der Waals surface area contributed by atoms with E-state index in [4.69, 9.17) is 18.0 Å². The average molecular weight is 235 g/mol. The Morgan fingerprint density at radius 2 is 2.19 bits per heavy atom. The van der Waals surface area contributed by atoms with E-state index in [0.29, 0.717) is 16.4 Å². The zero-order valence-electron chi connectivity index (χ0n) is 9.87. The molecule has 1 aliphatic rings. The molecule has 0 radical (unpaired) electrons. The zero-order chi connectivity index (χ0) is 11.9. The molecule has 0 aliphatic heterocycles. The van der Waals surface area contributed by atoms with Gasteiger partial charge in [0.1, 0.15) is 10.8 Å². The van der Waals surface area contributed by atoms with Gasteiger partial charge in [-0.05, 0) is 30.9 Å². The fourth-order valence-electron chi connectivity index (χ4n) is 1.74. The maximum absolute atomic E-state index is 5.68. The first-order chi connectivity index (χ1) is 7.40. The monoisotopic (exact) mass is 235 g/mol. The largest absolute Gasteiger partial charge is 0.389 e. The quantitative estimate of drug-likeness (QED) is 0.789. The molecule has 1 aromatic heterocycles. The van der Waals surface area contributed by atoms with Crippen LogP contribution in [0.4, 0.5) is 5.82 Å². The predicted octanol–water partition coefficient (Wildman–Crippen LogP) is 2.23. The van der Waals surface area contributed by atoms with Crippen LogP contribution in [0.25, 0.3) is 0 Å². The van der Waals surface area contributed by atoms with E-state index in [1.165, 1.54) is 6.42 Å². The van der Waals surface area contributed by atoms with E-state index in [9.17, 15) is 0 Å². The van der Waals surface area contributed by atoms with Crippen molar-refractivity contribution in [3.8, 4) is 0 Å². The number of anilines is 1. The summed E-state index contributed by atoms with van der Waals surface area (Å²) < 4.78 is 0. The van der Waals surface area contributed by atoms with Crippen LogP contribution >= 0.6 is 12.2 Å². The molecule has 0 amide bonds.